The Hall–Kier alpha value is -1.36. The third-order valence-electron chi connectivity index (χ3n) is 3.70. The molecule has 1 N–H and O–H groups in total. The van der Waals surface area contributed by atoms with E-state index < -0.39 is 9.84 Å². The number of hydrogen-bond acceptors (Lipinski definition) is 3. The molecule has 0 saturated carbocycles. The smallest absolute Gasteiger partial charge is 0.175 e. The van der Waals surface area contributed by atoms with Crippen LogP contribution >= 0.6 is 0 Å². The molecule has 21 heavy (non-hydrogen) atoms. The molecular formula is C16H24N2O2S. The zero-order chi connectivity index (χ0) is 15.3. The molecule has 2 aromatic rings. The van der Waals surface area contributed by atoms with Crippen LogP contribution in [0.25, 0.3) is 11.0 Å². The molecule has 0 amide bonds. The summed E-state index contributed by atoms with van der Waals surface area (Å²) < 4.78 is 23.1. The monoisotopic (exact) mass is 308 g/mol. The van der Waals surface area contributed by atoms with Gasteiger partial charge in [-0.05, 0) is 24.6 Å². The number of hydrogen-bond donors (Lipinski definition) is 1. The van der Waals surface area contributed by atoms with Gasteiger partial charge in [0.25, 0.3) is 0 Å². The summed E-state index contributed by atoms with van der Waals surface area (Å²) in [5.74, 6) is 0.950. The van der Waals surface area contributed by atoms with Crippen LogP contribution in [0.5, 0.6) is 0 Å². The summed E-state index contributed by atoms with van der Waals surface area (Å²) in [6.45, 7) is 2.22. The van der Waals surface area contributed by atoms with Crippen LogP contribution in [0.3, 0.4) is 0 Å². The van der Waals surface area contributed by atoms with E-state index in [1.54, 1.807) is 18.2 Å². The Morgan fingerprint density at radius 1 is 1.10 bits per heavy atom. The van der Waals surface area contributed by atoms with Gasteiger partial charge in [-0.3, -0.25) is 0 Å². The van der Waals surface area contributed by atoms with E-state index in [9.17, 15) is 8.42 Å². The number of H-pyrrole nitrogens is 1. The molecule has 2 rings (SSSR count). The van der Waals surface area contributed by atoms with Gasteiger partial charge in [-0.25, -0.2) is 13.4 Å². The molecule has 0 aliphatic rings. The van der Waals surface area contributed by atoms with Gasteiger partial charge in [0.1, 0.15) is 5.82 Å². The van der Waals surface area contributed by atoms with Crippen LogP contribution in [-0.2, 0) is 16.3 Å². The molecular weight excluding hydrogens is 284 g/mol. The van der Waals surface area contributed by atoms with Crippen molar-refractivity contribution in [3.05, 3.63) is 24.0 Å². The van der Waals surface area contributed by atoms with Crippen LogP contribution in [0.2, 0.25) is 0 Å². The van der Waals surface area contributed by atoms with Gasteiger partial charge in [0.2, 0.25) is 0 Å². The van der Waals surface area contributed by atoms with Crippen LogP contribution < -0.4 is 0 Å². The van der Waals surface area contributed by atoms with Crippen molar-refractivity contribution in [3.63, 3.8) is 0 Å². The Morgan fingerprint density at radius 3 is 2.52 bits per heavy atom. The van der Waals surface area contributed by atoms with Crippen LogP contribution in [0.1, 0.15) is 51.3 Å². The van der Waals surface area contributed by atoms with Crippen molar-refractivity contribution in [1.82, 2.24) is 9.97 Å². The van der Waals surface area contributed by atoms with Crippen molar-refractivity contribution in [3.8, 4) is 0 Å². The average Bonchev–Trinajstić information content (AvgIpc) is 2.83. The molecule has 0 spiro atoms. The molecule has 4 nitrogen and oxygen atoms in total. The second-order valence-corrected chi connectivity index (χ2v) is 7.67. The third kappa shape index (κ3) is 4.56. The second kappa shape index (κ2) is 7.07. The quantitative estimate of drug-likeness (QED) is 0.753. The first-order chi connectivity index (χ1) is 10.0. The lowest BCUT2D eigenvalue weighted by atomic mass is 10.1. The van der Waals surface area contributed by atoms with Gasteiger partial charge in [0.05, 0.1) is 15.9 Å². The summed E-state index contributed by atoms with van der Waals surface area (Å²) in [5, 5.41) is 0. The normalized spacial score (nSPS) is 12.1. The highest BCUT2D eigenvalue weighted by Gasteiger charge is 2.10. The summed E-state index contributed by atoms with van der Waals surface area (Å²) in [6, 6.07) is 5.06. The standard InChI is InChI=1S/C16H24N2O2S/c1-3-4-5-6-7-8-9-16-17-14-11-10-13(21(2,19)20)12-15(14)18-16/h10-12H,3-9H2,1-2H3,(H,17,18). The number of benzene rings is 1. The van der Waals surface area contributed by atoms with Gasteiger partial charge >= 0.3 is 0 Å². The molecule has 0 aliphatic carbocycles. The number of aromatic amines is 1. The molecule has 1 heterocycles. The lowest BCUT2D eigenvalue weighted by molar-refractivity contribution is 0.602. The minimum absolute atomic E-state index is 0.338. The van der Waals surface area contributed by atoms with E-state index in [1.165, 1.54) is 38.4 Å². The Bertz CT molecular complexity index is 689. The van der Waals surface area contributed by atoms with E-state index in [1.807, 2.05) is 0 Å². The lowest BCUT2D eigenvalue weighted by Gasteiger charge is -1.98. The van der Waals surface area contributed by atoms with Crippen LogP contribution in [-0.4, -0.2) is 24.6 Å². The molecule has 0 radical (unpaired) electrons. The first-order valence-corrected chi connectivity index (χ1v) is 9.58. The summed E-state index contributed by atoms with van der Waals surface area (Å²) >= 11 is 0. The molecule has 5 heteroatoms. The number of aromatic nitrogens is 2. The van der Waals surface area contributed by atoms with E-state index in [0.29, 0.717) is 4.90 Å². The fourth-order valence-corrected chi connectivity index (χ4v) is 3.11. The van der Waals surface area contributed by atoms with Gasteiger partial charge in [-0.1, -0.05) is 39.0 Å². The van der Waals surface area contributed by atoms with Gasteiger partial charge < -0.3 is 4.98 Å². The number of sulfone groups is 1. The Kier molecular flexibility index (Phi) is 5.39. The number of rotatable bonds is 8. The second-order valence-electron chi connectivity index (χ2n) is 5.65. The van der Waals surface area contributed by atoms with Crippen molar-refractivity contribution in [2.45, 2.75) is 56.8 Å². The zero-order valence-corrected chi connectivity index (χ0v) is 13.7. The molecule has 0 bridgehead atoms. The highest BCUT2D eigenvalue weighted by atomic mass is 32.2. The predicted octanol–water partition coefficient (Wildman–Crippen LogP) is 3.87. The van der Waals surface area contributed by atoms with Gasteiger partial charge in [-0.2, -0.15) is 0 Å². The van der Waals surface area contributed by atoms with Crippen LogP contribution in [0, 0.1) is 0 Å². The summed E-state index contributed by atoms with van der Waals surface area (Å²) in [5.41, 5.74) is 1.64. The van der Waals surface area contributed by atoms with E-state index in [-0.39, 0.29) is 0 Å². The van der Waals surface area contributed by atoms with Crippen molar-refractivity contribution in [1.29, 1.82) is 0 Å². The Balaban J connectivity index is 1.96. The maximum absolute atomic E-state index is 11.5. The maximum atomic E-state index is 11.5. The van der Waals surface area contributed by atoms with Gasteiger partial charge in [0.15, 0.2) is 9.84 Å². The van der Waals surface area contributed by atoms with Gasteiger partial charge in [-0.15, -0.1) is 0 Å². The van der Waals surface area contributed by atoms with Crippen LogP contribution in [0.4, 0.5) is 0 Å². The SMILES string of the molecule is CCCCCCCCc1nc2ccc(S(C)(=O)=O)cc2[nH]1. The van der Waals surface area contributed by atoms with E-state index in [0.717, 1.165) is 29.7 Å². The fourth-order valence-electron chi connectivity index (χ4n) is 2.46. The minimum Gasteiger partial charge on any atom is -0.342 e. The summed E-state index contributed by atoms with van der Waals surface area (Å²) in [7, 11) is -3.16. The summed E-state index contributed by atoms with van der Waals surface area (Å²) in [6.07, 6.45) is 9.69. The first-order valence-electron chi connectivity index (χ1n) is 7.69. The van der Waals surface area contributed by atoms with E-state index in [4.69, 9.17) is 0 Å². The molecule has 0 saturated heterocycles. The number of nitrogens with one attached hydrogen (secondary N) is 1. The van der Waals surface area contributed by atoms with Crippen molar-refractivity contribution >= 4 is 20.9 Å². The van der Waals surface area contributed by atoms with E-state index in [2.05, 4.69) is 16.9 Å². The molecule has 0 atom stereocenters. The number of fused-ring (bicyclic) bond motifs is 1. The molecule has 116 valence electrons. The highest BCUT2D eigenvalue weighted by Crippen LogP contribution is 2.18. The number of aryl methyl sites for hydroxylation is 1. The van der Waals surface area contributed by atoms with Crippen molar-refractivity contribution in [2.75, 3.05) is 6.26 Å². The topological polar surface area (TPSA) is 62.8 Å². The van der Waals surface area contributed by atoms with Crippen molar-refractivity contribution < 1.29 is 8.42 Å². The lowest BCUT2D eigenvalue weighted by Crippen LogP contribution is -1.96. The summed E-state index contributed by atoms with van der Waals surface area (Å²) in [4.78, 5) is 8.09. The zero-order valence-electron chi connectivity index (χ0n) is 12.9. The van der Waals surface area contributed by atoms with Crippen molar-refractivity contribution in [2.24, 2.45) is 0 Å². The molecule has 1 aromatic carbocycles. The molecule has 0 aliphatic heterocycles. The number of unbranched alkanes of at least 4 members (excludes halogenated alkanes) is 5. The predicted molar refractivity (Wildman–Crippen MR) is 86.3 cm³/mol. The largest absolute Gasteiger partial charge is 0.342 e. The molecule has 0 fully saturated rings. The molecule has 0 unspecified atom stereocenters. The average molecular weight is 308 g/mol. The van der Waals surface area contributed by atoms with Gasteiger partial charge in [0, 0.05) is 12.7 Å². The minimum atomic E-state index is -3.16. The maximum Gasteiger partial charge on any atom is 0.175 e. The number of nitrogens with zero attached hydrogens (tertiary/aromatic N) is 1. The Labute approximate surface area is 126 Å². The number of imidazole rings is 1. The third-order valence-corrected chi connectivity index (χ3v) is 4.81. The Morgan fingerprint density at radius 2 is 1.81 bits per heavy atom. The molecule has 1 aromatic heterocycles. The van der Waals surface area contributed by atoms with Crippen LogP contribution in [0.15, 0.2) is 23.1 Å². The fraction of sp³-hybridized carbons (Fsp3) is 0.562. The van der Waals surface area contributed by atoms with E-state index >= 15 is 0 Å². The highest BCUT2D eigenvalue weighted by molar-refractivity contribution is 7.90. The first kappa shape index (κ1) is 16.0.